The zero-order chi connectivity index (χ0) is 10.8. The molecule has 2 N–H and O–H groups in total. The van der Waals surface area contributed by atoms with Crippen LogP contribution in [0.3, 0.4) is 0 Å². The molecular weight excluding hydrogens is 252 g/mol. The van der Waals surface area contributed by atoms with Crippen LogP contribution in [0, 0.1) is 0 Å². The summed E-state index contributed by atoms with van der Waals surface area (Å²) in [5.74, 6) is 1.27. The van der Waals surface area contributed by atoms with Crippen molar-refractivity contribution in [1.29, 1.82) is 0 Å². The minimum atomic E-state index is 0.432. The van der Waals surface area contributed by atoms with Crippen molar-refractivity contribution in [1.82, 2.24) is 14.8 Å². The average molecular weight is 261 g/mol. The molecule has 2 aromatic heterocycles. The molecule has 2 aromatic rings. The Bertz CT molecular complexity index is 465. The second-order valence-electron chi connectivity index (χ2n) is 2.89. The molecule has 0 aliphatic rings. The second-order valence-corrected chi connectivity index (χ2v) is 5.64. The molecule has 0 saturated carbocycles. The number of nitrogens with two attached hydrogens (primary N) is 1. The maximum atomic E-state index is 5.83. The molecule has 80 valence electrons. The summed E-state index contributed by atoms with van der Waals surface area (Å²) in [5, 5.41) is 8.56. The first-order valence-electron chi connectivity index (χ1n) is 4.18. The summed E-state index contributed by atoms with van der Waals surface area (Å²) < 4.78 is 2.57. The normalized spacial score (nSPS) is 10.8. The van der Waals surface area contributed by atoms with Crippen molar-refractivity contribution in [2.45, 2.75) is 10.9 Å². The van der Waals surface area contributed by atoms with E-state index in [4.69, 9.17) is 17.3 Å². The van der Waals surface area contributed by atoms with Crippen LogP contribution in [-0.4, -0.2) is 14.8 Å². The maximum Gasteiger partial charge on any atom is 0.222 e. The van der Waals surface area contributed by atoms with Crippen LogP contribution in [0.2, 0.25) is 4.34 Å². The highest BCUT2D eigenvalue weighted by Gasteiger charge is 2.07. The van der Waals surface area contributed by atoms with E-state index in [0.717, 1.165) is 15.2 Å². The van der Waals surface area contributed by atoms with Gasteiger partial charge in [0.15, 0.2) is 5.16 Å². The van der Waals surface area contributed by atoms with Gasteiger partial charge in [0.1, 0.15) is 0 Å². The van der Waals surface area contributed by atoms with Gasteiger partial charge < -0.3 is 5.73 Å². The summed E-state index contributed by atoms with van der Waals surface area (Å²) in [6.45, 7) is 0. The third-order valence-electron chi connectivity index (χ3n) is 1.84. The van der Waals surface area contributed by atoms with Crippen LogP contribution < -0.4 is 5.73 Å². The Morgan fingerprint density at radius 3 is 2.87 bits per heavy atom. The van der Waals surface area contributed by atoms with Crippen LogP contribution in [-0.2, 0) is 12.8 Å². The zero-order valence-corrected chi connectivity index (χ0v) is 10.4. The summed E-state index contributed by atoms with van der Waals surface area (Å²) in [7, 11) is 1.85. The largest absolute Gasteiger partial charge is 0.368 e. The molecule has 2 rings (SSSR count). The van der Waals surface area contributed by atoms with Gasteiger partial charge in [-0.05, 0) is 12.1 Å². The molecule has 0 fully saturated rings. The van der Waals surface area contributed by atoms with Gasteiger partial charge in [-0.15, -0.1) is 21.5 Å². The number of hydrogen-bond acceptors (Lipinski definition) is 5. The molecule has 0 radical (unpaired) electrons. The number of aromatic nitrogens is 3. The molecule has 0 bridgehead atoms. The molecule has 0 amide bonds. The Hall–Kier alpha value is -0.720. The smallest absolute Gasteiger partial charge is 0.222 e. The van der Waals surface area contributed by atoms with E-state index in [2.05, 4.69) is 10.2 Å². The molecule has 2 heterocycles. The van der Waals surface area contributed by atoms with Crippen molar-refractivity contribution in [3.8, 4) is 0 Å². The fraction of sp³-hybridized carbons (Fsp3) is 0.250. The topological polar surface area (TPSA) is 56.7 Å². The van der Waals surface area contributed by atoms with E-state index in [9.17, 15) is 0 Å². The quantitative estimate of drug-likeness (QED) is 0.861. The molecule has 4 nitrogen and oxygen atoms in total. The highest BCUT2D eigenvalue weighted by Crippen LogP contribution is 2.28. The SMILES string of the molecule is Cn1c(N)nnc1SCc1ccc(Cl)s1. The van der Waals surface area contributed by atoms with E-state index >= 15 is 0 Å². The Morgan fingerprint density at radius 2 is 2.33 bits per heavy atom. The number of rotatable bonds is 3. The molecule has 7 heteroatoms. The Kier molecular flexibility index (Phi) is 3.18. The van der Waals surface area contributed by atoms with Crippen molar-refractivity contribution in [2.24, 2.45) is 7.05 Å². The van der Waals surface area contributed by atoms with Gasteiger partial charge in [0.25, 0.3) is 0 Å². The summed E-state index contributed by atoms with van der Waals surface area (Å²) in [6, 6.07) is 3.91. The van der Waals surface area contributed by atoms with Crippen molar-refractivity contribution < 1.29 is 0 Å². The second kappa shape index (κ2) is 4.42. The summed E-state index contributed by atoms with van der Waals surface area (Å²) in [5.41, 5.74) is 5.57. The van der Waals surface area contributed by atoms with Crippen molar-refractivity contribution in [2.75, 3.05) is 5.73 Å². The minimum Gasteiger partial charge on any atom is -0.368 e. The van der Waals surface area contributed by atoms with Crippen LogP contribution >= 0.6 is 34.7 Å². The Balaban J connectivity index is 2.02. The highest BCUT2D eigenvalue weighted by atomic mass is 35.5. The third-order valence-corrected chi connectivity index (χ3v) is 4.32. The molecule has 0 saturated heterocycles. The van der Waals surface area contributed by atoms with E-state index in [0.29, 0.717) is 5.95 Å². The first-order valence-corrected chi connectivity index (χ1v) is 6.36. The first kappa shape index (κ1) is 10.8. The lowest BCUT2D eigenvalue weighted by Crippen LogP contribution is -1.97. The van der Waals surface area contributed by atoms with E-state index < -0.39 is 0 Å². The number of halogens is 1. The lowest BCUT2D eigenvalue weighted by Gasteiger charge is -1.98. The monoisotopic (exact) mass is 260 g/mol. The maximum absolute atomic E-state index is 5.83. The van der Waals surface area contributed by atoms with E-state index in [-0.39, 0.29) is 0 Å². The number of hydrogen-bond donors (Lipinski definition) is 1. The lowest BCUT2D eigenvalue weighted by molar-refractivity contribution is 0.796. The van der Waals surface area contributed by atoms with Gasteiger partial charge >= 0.3 is 0 Å². The lowest BCUT2D eigenvalue weighted by atomic mass is 10.5. The fourth-order valence-electron chi connectivity index (χ4n) is 1.02. The fourth-order valence-corrected chi connectivity index (χ4v) is 3.07. The van der Waals surface area contributed by atoms with Gasteiger partial charge in [0.2, 0.25) is 5.95 Å². The molecule has 0 aliphatic heterocycles. The molecular formula is C8H9ClN4S2. The zero-order valence-electron chi connectivity index (χ0n) is 7.98. The molecule has 0 unspecified atom stereocenters. The number of anilines is 1. The van der Waals surface area contributed by atoms with Crippen molar-refractivity contribution >= 4 is 40.6 Å². The van der Waals surface area contributed by atoms with Gasteiger partial charge in [-0.3, -0.25) is 4.57 Å². The van der Waals surface area contributed by atoms with Gasteiger partial charge in [0.05, 0.1) is 4.34 Å². The van der Waals surface area contributed by atoms with Gasteiger partial charge in [-0.1, -0.05) is 23.4 Å². The number of nitrogens with zero attached hydrogens (tertiary/aromatic N) is 3. The molecule has 15 heavy (non-hydrogen) atoms. The molecule has 0 aliphatic carbocycles. The van der Waals surface area contributed by atoms with Crippen molar-refractivity contribution in [3.63, 3.8) is 0 Å². The third kappa shape index (κ3) is 2.45. The van der Waals surface area contributed by atoms with E-state index in [1.54, 1.807) is 27.7 Å². The Labute approximate surface area is 100 Å². The predicted molar refractivity (Wildman–Crippen MR) is 64.3 cm³/mol. The summed E-state index contributed by atoms with van der Waals surface area (Å²) in [6.07, 6.45) is 0. The van der Waals surface area contributed by atoms with Crippen LogP contribution in [0.5, 0.6) is 0 Å². The molecule has 0 aromatic carbocycles. The number of thioether (sulfide) groups is 1. The molecule has 0 spiro atoms. The van der Waals surface area contributed by atoms with Crippen LogP contribution in [0.25, 0.3) is 0 Å². The number of thiophene rings is 1. The predicted octanol–water partition coefficient (Wildman–Crippen LogP) is 2.40. The van der Waals surface area contributed by atoms with Crippen LogP contribution in [0.15, 0.2) is 17.3 Å². The average Bonchev–Trinajstić information content (AvgIpc) is 2.74. The Morgan fingerprint density at radius 1 is 1.53 bits per heavy atom. The summed E-state index contributed by atoms with van der Waals surface area (Å²) in [4.78, 5) is 1.21. The van der Waals surface area contributed by atoms with E-state index in [1.165, 1.54) is 4.88 Å². The van der Waals surface area contributed by atoms with Crippen LogP contribution in [0.4, 0.5) is 5.95 Å². The number of nitrogen functional groups attached to an aromatic ring is 1. The standard InChI is InChI=1S/C8H9ClN4S2/c1-13-7(10)11-12-8(13)14-4-5-2-3-6(9)15-5/h2-3H,4H2,1H3,(H2,10,11). The first-order chi connectivity index (χ1) is 7.16. The van der Waals surface area contributed by atoms with Crippen molar-refractivity contribution in [3.05, 3.63) is 21.3 Å². The van der Waals surface area contributed by atoms with Gasteiger partial charge in [0, 0.05) is 17.7 Å². The minimum absolute atomic E-state index is 0.432. The highest BCUT2D eigenvalue weighted by molar-refractivity contribution is 7.98. The van der Waals surface area contributed by atoms with Crippen LogP contribution in [0.1, 0.15) is 4.88 Å². The molecule has 0 atom stereocenters. The van der Waals surface area contributed by atoms with E-state index in [1.807, 2.05) is 19.2 Å². The van der Waals surface area contributed by atoms with Gasteiger partial charge in [-0.2, -0.15) is 0 Å². The summed E-state index contributed by atoms with van der Waals surface area (Å²) >= 11 is 9.00. The van der Waals surface area contributed by atoms with Gasteiger partial charge in [-0.25, -0.2) is 0 Å².